The second-order valence-corrected chi connectivity index (χ2v) is 3.31. The van der Waals surface area contributed by atoms with Gasteiger partial charge >= 0.3 is 0 Å². The van der Waals surface area contributed by atoms with E-state index in [9.17, 15) is 0 Å². The molecule has 0 radical (unpaired) electrons. The van der Waals surface area contributed by atoms with Gasteiger partial charge in [0.25, 0.3) is 0 Å². The molecule has 1 fully saturated rings. The summed E-state index contributed by atoms with van der Waals surface area (Å²) in [7, 11) is 0. The fourth-order valence-corrected chi connectivity index (χ4v) is 1.32. The molecule has 4 nitrogen and oxygen atoms in total. The van der Waals surface area contributed by atoms with E-state index in [1.54, 1.807) is 6.20 Å². The van der Waals surface area contributed by atoms with Gasteiger partial charge in [0.1, 0.15) is 0 Å². The first-order valence-corrected chi connectivity index (χ1v) is 4.37. The van der Waals surface area contributed by atoms with Crippen LogP contribution < -0.4 is 11.1 Å². The number of nitrogen functional groups attached to an aromatic ring is 1. The minimum Gasteiger partial charge on any atom is -0.396 e. The van der Waals surface area contributed by atoms with E-state index in [0.29, 0.717) is 6.04 Å². The molecule has 66 valence electrons. The van der Waals surface area contributed by atoms with Gasteiger partial charge in [0, 0.05) is 12.6 Å². The van der Waals surface area contributed by atoms with Crippen molar-refractivity contribution < 1.29 is 0 Å². The van der Waals surface area contributed by atoms with Crippen LogP contribution in [0.3, 0.4) is 0 Å². The van der Waals surface area contributed by atoms with Crippen molar-refractivity contribution in [2.45, 2.75) is 31.8 Å². The van der Waals surface area contributed by atoms with Gasteiger partial charge in [0.05, 0.1) is 17.6 Å². The highest BCUT2D eigenvalue weighted by Gasteiger charge is 2.16. The van der Waals surface area contributed by atoms with Gasteiger partial charge < -0.3 is 11.1 Å². The van der Waals surface area contributed by atoms with Crippen LogP contribution >= 0.6 is 0 Å². The Bertz CT molecular complexity index is 251. The molecule has 1 aliphatic rings. The lowest BCUT2D eigenvalue weighted by atomic mass is 9.93. The van der Waals surface area contributed by atoms with Crippen LogP contribution in [0.2, 0.25) is 0 Å². The minimum absolute atomic E-state index is 0.702. The number of anilines is 1. The molecule has 2 rings (SSSR count). The lowest BCUT2D eigenvalue weighted by molar-refractivity contribution is 0.337. The van der Waals surface area contributed by atoms with Crippen molar-refractivity contribution in [2.24, 2.45) is 0 Å². The van der Waals surface area contributed by atoms with Gasteiger partial charge in [-0.2, -0.15) is 5.10 Å². The van der Waals surface area contributed by atoms with Gasteiger partial charge in [-0.05, 0) is 12.8 Å². The molecule has 4 heteroatoms. The van der Waals surface area contributed by atoms with Crippen LogP contribution in [0.15, 0.2) is 6.20 Å². The van der Waals surface area contributed by atoms with Crippen LogP contribution in [0, 0.1) is 0 Å². The second kappa shape index (κ2) is 3.15. The molecular weight excluding hydrogens is 152 g/mol. The van der Waals surface area contributed by atoms with E-state index >= 15 is 0 Å². The number of hydrogen-bond donors (Lipinski definition) is 3. The lowest BCUT2D eigenvalue weighted by Gasteiger charge is -2.26. The molecule has 0 spiro atoms. The van der Waals surface area contributed by atoms with Gasteiger partial charge in [-0.25, -0.2) is 0 Å². The number of nitrogens with one attached hydrogen (secondary N) is 2. The van der Waals surface area contributed by atoms with Gasteiger partial charge in [-0.1, -0.05) is 6.42 Å². The summed E-state index contributed by atoms with van der Waals surface area (Å²) in [6.07, 6.45) is 5.61. The Labute approximate surface area is 71.5 Å². The highest BCUT2D eigenvalue weighted by molar-refractivity contribution is 5.39. The quantitative estimate of drug-likeness (QED) is 0.617. The highest BCUT2D eigenvalue weighted by atomic mass is 15.1. The summed E-state index contributed by atoms with van der Waals surface area (Å²) >= 11 is 0. The van der Waals surface area contributed by atoms with Gasteiger partial charge in [0.2, 0.25) is 0 Å². The van der Waals surface area contributed by atoms with Crippen molar-refractivity contribution in [2.75, 3.05) is 5.73 Å². The third-order valence-corrected chi connectivity index (χ3v) is 2.42. The Balaban J connectivity index is 1.82. The number of nitrogens with zero attached hydrogens (tertiary/aromatic N) is 1. The van der Waals surface area contributed by atoms with Crippen LogP contribution in [0.25, 0.3) is 0 Å². The predicted molar refractivity (Wildman–Crippen MR) is 47.5 cm³/mol. The molecule has 0 amide bonds. The van der Waals surface area contributed by atoms with E-state index in [4.69, 9.17) is 5.73 Å². The number of nitrogens with two attached hydrogens (primary N) is 1. The standard InChI is InChI=1S/C8H14N4/c9-7-4-11-12-8(7)5-10-6-2-1-3-6/h4,6,10H,1-3,5,9H2,(H,11,12). The van der Waals surface area contributed by atoms with E-state index in [-0.39, 0.29) is 0 Å². The summed E-state index contributed by atoms with van der Waals surface area (Å²) in [6, 6.07) is 0.702. The molecular formula is C8H14N4. The Morgan fingerprint density at radius 3 is 3.00 bits per heavy atom. The third-order valence-electron chi connectivity index (χ3n) is 2.42. The highest BCUT2D eigenvalue weighted by Crippen LogP contribution is 2.18. The van der Waals surface area contributed by atoms with Crippen molar-refractivity contribution in [3.8, 4) is 0 Å². The molecule has 0 unspecified atom stereocenters. The summed E-state index contributed by atoms with van der Waals surface area (Å²) in [5.41, 5.74) is 7.41. The minimum atomic E-state index is 0.702. The maximum atomic E-state index is 5.65. The molecule has 0 saturated heterocycles. The van der Waals surface area contributed by atoms with E-state index in [1.807, 2.05) is 0 Å². The summed E-state index contributed by atoms with van der Waals surface area (Å²) in [4.78, 5) is 0. The molecule has 0 bridgehead atoms. The topological polar surface area (TPSA) is 66.7 Å². The maximum Gasteiger partial charge on any atom is 0.0743 e. The molecule has 1 aromatic rings. The lowest BCUT2D eigenvalue weighted by Crippen LogP contribution is -2.34. The second-order valence-electron chi connectivity index (χ2n) is 3.31. The van der Waals surface area contributed by atoms with Crippen molar-refractivity contribution in [1.82, 2.24) is 15.5 Å². The van der Waals surface area contributed by atoms with Crippen molar-refractivity contribution in [3.63, 3.8) is 0 Å². The Hall–Kier alpha value is -1.03. The van der Waals surface area contributed by atoms with Crippen LogP contribution in [0.5, 0.6) is 0 Å². The summed E-state index contributed by atoms with van der Waals surface area (Å²) in [5, 5.41) is 10.1. The molecule has 12 heavy (non-hydrogen) atoms. The molecule has 4 N–H and O–H groups in total. The van der Waals surface area contributed by atoms with E-state index in [2.05, 4.69) is 15.5 Å². The molecule has 1 heterocycles. The summed E-state index contributed by atoms with van der Waals surface area (Å²) in [5.74, 6) is 0. The van der Waals surface area contributed by atoms with Gasteiger partial charge in [-0.15, -0.1) is 0 Å². The van der Waals surface area contributed by atoms with E-state index in [0.717, 1.165) is 17.9 Å². The summed E-state index contributed by atoms with van der Waals surface area (Å²) < 4.78 is 0. The SMILES string of the molecule is Nc1cn[nH]c1CNC1CCC1. The molecule has 0 atom stereocenters. The zero-order valence-electron chi connectivity index (χ0n) is 7.01. The number of H-pyrrole nitrogens is 1. The molecule has 1 saturated carbocycles. The van der Waals surface area contributed by atoms with Crippen LogP contribution in [-0.4, -0.2) is 16.2 Å². The molecule has 1 aromatic heterocycles. The number of aromatic amines is 1. The Morgan fingerprint density at radius 1 is 1.67 bits per heavy atom. The molecule has 0 aromatic carbocycles. The first-order valence-electron chi connectivity index (χ1n) is 4.37. The average molecular weight is 166 g/mol. The van der Waals surface area contributed by atoms with Crippen molar-refractivity contribution in [3.05, 3.63) is 11.9 Å². The molecule has 1 aliphatic carbocycles. The van der Waals surface area contributed by atoms with Crippen LogP contribution in [0.4, 0.5) is 5.69 Å². The first kappa shape index (κ1) is 7.61. The van der Waals surface area contributed by atoms with E-state index < -0.39 is 0 Å². The number of rotatable bonds is 3. The molecule has 0 aliphatic heterocycles. The maximum absolute atomic E-state index is 5.65. The monoisotopic (exact) mass is 166 g/mol. The van der Waals surface area contributed by atoms with Crippen molar-refractivity contribution >= 4 is 5.69 Å². The van der Waals surface area contributed by atoms with Crippen molar-refractivity contribution in [1.29, 1.82) is 0 Å². The fraction of sp³-hybridized carbons (Fsp3) is 0.625. The predicted octanol–water partition coefficient (Wildman–Crippen LogP) is 0.634. The normalized spacial score (nSPS) is 17.7. The largest absolute Gasteiger partial charge is 0.396 e. The smallest absolute Gasteiger partial charge is 0.0743 e. The van der Waals surface area contributed by atoms with E-state index in [1.165, 1.54) is 19.3 Å². The zero-order valence-corrected chi connectivity index (χ0v) is 7.01. The first-order chi connectivity index (χ1) is 5.86. The van der Waals surface area contributed by atoms with Gasteiger partial charge in [-0.3, -0.25) is 5.10 Å². The Kier molecular flexibility index (Phi) is 1.99. The summed E-state index contributed by atoms with van der Waals surface area (Å²) in [6.45, 7) is 0.816. The fourth-order valence-electron chi connectivity index (χ4n) is 1.32. The zero-order chi connectivity index (χ0) is 8.39. The number of hydrogen-bond acceptors (Lipinski definition) is 3. The Morgan fingerprint density at radius 2 is 2.50 bits per heavy atom. The third kappa shape index (κ3) is 1.43. The van der Waals surface area contributed by atoms with Gasteiger partial charge in [0.15, 0.2) is 0 Å². The van der Waals surface area contributed by atoms with Crippen LogP contribution in [0.1, 0.15) is 25.0 Å². The van der Waals surface area contributed by atoms with Crippen LogP contribution in [-0.2, 0) is 6.54 Å². The average Bonchev–Trinajstić information content (AvgIpc) is 2.33. The number of aromatic nitrogens is 2.